The van der Waals surface area contributed by atoms with Gasteiger partial charge in [-0.1, -0.05) is 25.4 Å². The van der Waals surface area contributed by atoms with Gasteiger partial charge in [0.15, 0.2) is 0 Å². The molecule has 0 spiro atoms. The van der Waals surface area contributed by atoms with Crippen LogP contribution < -0.4 is 0 Å². The van der Waals surface area contributed by atoms with Crippen LogP contribution in [0.15, 0.2) is 12.3 Å². The van der Waals surface area contributed by atoms with Gasteiger partial charge in [-0.25, -0.2) is 0 Å². The average Bonchev–Trinajstić information content (AvgIpc) is 2.25. The van der Waals surface area contributed by atoms with Gasteiger partial charge >= 0.3 is 0 Å². The summed E-state index contributed by atoms with van der Waals surface area (Å²) in [6.07, 6.45) is 2.53. The number of carbonyl (C=O) groups excluding carboxylic acids is 1. The monoisotopic (exact) mass is 254 g/mol. The average molecular weight is 255 g/mol. The number of pyridine rings is 1. The van der Waals surface area contributed by atoms with Crippen molar-refractivity contribution in [1.29, 1.82) is 0 Å². The van der Waals surface area contributed by atoms with E-state index in [1.54, 1.807) is 24.2 Å². The lowest BCUT2D eigenvalue weighted by Crippen LogP contribution is -2.28. The largest absolute Gasteiger partial charge is 0.342 e. The molecule has 94 valence electrons. The van der Waals surface area contributed by atoms with Crippen molar-refractivity contribution in [2.45, 2.75) is 27.2 Å². The van der Waals surface area contributed by atoms with E-state index in [4.69, 9.17) is 11.6 Å². The molecule has 0 fully saturated rings. The molecule has 3 nitrogen and oxygen atoms in total. The lowest BCUT2D eigenvalue weighted by atomic mass is 10.1. The first-order valence-electron chi connectivity index (χ1n) is 5.79. The number of hydrogen-bond acceptors (Lipinski definition) is 2. The van der Waals surface area contributed by atoms with Gasteiger partial charge in [-0.3, -0.25) is 9.78 Å². The lowest BCUT2D eigenvalue weighted by Gasteiger charge is -2.18. The second-order valence-corrected chi connectivity index (χ2v) is 5.12. The van der Waals surface area contributed by atoms with Crippen LogP contribution in [0.25, 0.3) is 0 Å². The molecular formula is C13H19ClN2O. The molecule has 0 radical (unpaired) electrons. The van der Waals surface area contributed by atoms with Gasteiger partial charge in [0.2, 0.25) is 0 Å². The Balaban J connectivity index is 2.75. The van der Waals surface area contributed by atoms with E-state index in [2.05, 4.69) is 18.8 Å². The summed E-state index contributed by atoms with van der Waals surface area (Å²) in [4.78, 5) is 17.9. The molecule has 0 aliphatic heterocycles. The second kappa shape index (κ2) is 6.01. The zero-order valence-corrected chi connectivity index (χ0v) is 11.6. The van der Waals surface area contributed by atoms with E-state index in [-0.39, 0.29) is 5.91 Å². The molecule has 1 aromatic rings. The van der Waals surface area contributed by atoms with Gasteiger partial charge in [0.05, 0.1) is 10.6 Å². The quantitative estimate of drug-likeness (QED) is 0.827. The van der Waals surface area contributed by atoms with Crippen LogP contribution in [0.2, 0.25) is 5.02 Å². The molecule has 0 aliphatic carbocycles. The van der Waals surface area contributed by atoms with Crippen LogP contribution in [0.3, 0.4) is 0 Å². The highest BCUT2D eigenvalue weighted by Gasteiger charge is 2.15. The number of aryl methyl sites for hydroxylation is 1. The van der Waals surface area contributed by atoms with Crippen molar-refractivity contribution in [3.63, 3.8) is 0 Å². The molecule has 0 aromatic carbocycles. The minimum Gasteiger partial charge on any atom is -0.342 e. The molecule has 1 amide bonds. The summed E-state index contributed by atoms with van der Waals surface area (Å²) in [5, 5.41) is 0.471. The minimum atomic E-state index is -0.0665. The Kier molecular flexibility index (Phi) is 4.94. The highest BCUT2D eigenvalue weighted by molar-refractivity contribution is 6.33. The Labute approximate surface area is 108 Å². The van der Waals surface area contributed by atoms with Crippen LogP contribution in [-0.4, -0.2) is 29.4 Å². The predicted molar refractivity (Wildman–Crippen MR) is 70.4 cm³/mol. The number of aromatic nitrogens is 1. The van der Waals surface area contributed by atoms with Crippen LogP contribution in [0.5, 0.6) is 0 Å². The summed E-state index contributed by atoms with van der Waals surface area (Å²) in [7, 11) is 1.79. The molecule has 17 heavy (non-hydrogen) atoms. The number of nitrogens with zero attached hydrogens (tertiary/aromatic N) is 2. The number of rotatable bonds is 4. The maximum Gasteiger partial charge on any atom is 0.256 e. The number of halogens is 1. The van der Waals surface area contributed by atoms with Crippen molar-refractivity contribution >= 4 is 17.5 Å². The van der Waals surface area contributed by atoms with E-state index in [1.165, 1.54) is 0 Å². The van der Waals surface area contributed by atoms with E-state index in [0.717, 1.165) is 18.7 Å². The van der Waals surface area contributed by atoms with Crippen LogP contribution in [-0.2, 0) is 0 Å². The first-order valence-corrected chi connectivity index (χ1v) is 6.17. The third kappa shape index (κ3) is 4.00. The highest BCUT2D eigenvalue weighted by atomic mass is 35.5. The van der Waals surface area contributed by atoms with E-state index in [1.807, 2.05) is 6.92 Å². The molecular weight excluding hydrogens is 236 g/mol. The molecule has 0 bridgehead atoms. The fraction of sp³-hybridized carbons (Fsp3) is 0.538. The minimum absolute atomic E-state index is 0.0665. The van der Waals surface area contributed by atoms with Gasteiger partial charge in [-0.15, -0.1) is 0 Å². The fourth-order valence-corrected chi connectivity index (χ4v) is 1.73. The van der Waals surface area contributed by atoms with Crippen molar-refractivity contribution in [3.8, 4) is 0 Å². The third-order valence-corrected chi connectivity index (χ3v) is 2.92. The van der Waals surface area contributed by atoms with Gasteiger partial charge in [0.25, 0.3) is 5.91 Å². The molecule has 0 aliphatic rings. The summed E-state index contributed by atoms with van der Waals surface area (Å²) in [5.74, 6) is 0.514. The number of hydrogen-bond donors (Lipinski definition) is 0. The topological polar surface area (TPSA) is 33.2 Å². The summed E-state index contributed by atoms with van der Waals surface area (Å²) in [6.45, 7) is 6.86. The highest BCUT2D eigenvalue weighted by Crippen LogP contribution is 2.17. The van der Waals surface area contributed by atoms with Crippen molar-refractivity contribution in [3.05, 3.63) is 28.5 Å². The van der Waals surface area contributed by atoms with Crippen LogP contribution in [0.1, 0.15) is 36.3 Å². The maximum atomic E-state index is 12.1. The SMILES string of the molecule is Cc1cc(Cl)c(C(=O)N(C)CCC(C)C)cn1. The van der Waals surface area contributed by atoms with Gasteiger partial charge in [0.1, 0.15) is 0 Å². The van der Waals surface area contributed by atoms with Crippen molar-refractivity contribution < 1.29 is 4.79 Å². The van der Waals surface area contributed by atoms with Crippen molar-refractivity contribution in [2.24, 2.45) is 5.92 Å². The Morgan fingerprint density at radius 1 is 1.53 bits per heavy atom. The third-order valence-electron chi connectivity index (χ3n) is 2.61. The van der Waals surface area contributed by atoms with E-state index in [0.29, 0.717) is 16.5 Å². The van der Waals surface area contributed by atoms with Crippen LogP contribution in [0.4, 0.5) is 0 Å². The predicted octanol–water partition coefficient (Wildman–Crippen LogP) is 3.16. The Morgan fingerprint density at radius 2 is 2.18 bits per heavy atom. The normalized spacial score (nSPS) is 10.7. The van der Waals surface area contributed by atoms with Crippen molar-refractivity contribution in [1.82, 2.24) is 9.88 Å². The summed E-state index contributed by atoms with van der Waals surface area (Å²) in [5.41, 5.74) is 1.29. The molecule has 0 saturated carbocycles. The fourth-order valence-electron chi connectivity index (χ4n) is 1.44. The van der Waals surface area contributed by atoms with E-state index < -0.39 is 0 Å². The zero-order valence-electron chi connectivity index (χ0n) is 10.8. The van der Waals surface area contributed by atoms with Crippen LogP contribution in [0, 0.1) is 12.8 Å². The molecule has 0 atom stereocenters. The summed E-state index contributed by atoms with van der Waals surface area (Å²) >= 11 is 6.04. The smallest absolute Gasteiger partial charge is 0.256 e. The molecule has 1 heterocycles. The summed E-state index contributed by atoms with van der Waals surface area (Å²) in [6, 6.07) is 1.71. The molecule has 0 saturated heterocycles. The first kappa shape index (κ1) is 14.0. The Hall–Kier alpha value is -1.09. The van der Waals surface area contributed by atoms with E-state index in [9.17, 15) is 4.79 Å². The molecule has 0 N–H and O–H groups in total. The zero-order chi connectivity index (χ0) is 13.0. The standard InChI is InChI=1S/C13H19ClN2O/c1-9(2)5-6-16(4)13(17)11-8-15-10(3)7-12(11)14/h7-9H,5-6H2,1-4H3. The Morgan fingerprint density at radius 3 is 2.71 bits per heavy atom. The molecule has 1 rings (SSSR count). The van der Waals surface area contributed by atoms with E-state index >= 15 is 0 Å². The van der Waals surface area contributed by atoms with Gasteiger partial charge < -0.3 is 4.90 Å². The molecule has 1 aromatic heterocycles. The number of amides is 1. The second-order valence-electron chi connectivity index (χ2n) is 4.71. The van der Waals surface area contributed by atoms with Crippen LogP contribution >= 0.6 is 11.6 Å². The maximum absolute atomic E-state index is 12.1. The summed E-state index contributed by atoms with van der Waals surface area (Å²) < 4.78 is 0. The van der Waals surface area contributed by atoms with Crippen molar-refractivity contribution in [2.75, 3.05) is 13.6 Å². The van der Waals surface area contributed by atoms with Gasteiger partial charge in [-0.05, 0) is 25.3 Å². The number of carbonyl (C=O) groups is 1. The molecule has 4 heteroatoms. The Bertz CT molecular complexity index is 404. The molecule has 0 unspecified atom stereocenters. The lowest BCUT2D eigenvalue weighted by molar-refractivity contribution is 0.0789. The first-order chi connectivity index (χ1) is 7.91. The van der Waals surface area contributed by atoms with Gasteiger partial charge in [0, 0.05) is 25.5 Å². The van der Waals surface area contributed by atoms with Gasteiger partial charge in [-0.2, -0.15) is 0 Å².